The van der Waals surface area contributed by atoms with Crippen molar-refractivity contribution in [3.05, 3.63) is 35.7 Å². The molecule has 0 aliphatic carbocycles. The van der Waals surface area contributed by atoms with Crippen LogP contribution in [0.2, 0.25) is 0 Å². The molecule has 0 radical (unpaired) electrons. The molecule has 0 N–H and O–H groups in total. The summed E-state index contributed by atoms with van der Waals surface area (Å²) in [6.45, 7) is 5.69. The normalized spacial score (nSPS) is 14.6. The van der Waals surface area contributed by atoms with Crippen LogP contribution in [0, 0.1) is 0 Å². The minimum atomic E-state index is -4.51. The molecule has 0 atom stereocenters. The molecule has 0 nitrogen and oxygen atoms in total. The van der Waals surface area contributed by atoms with E-state index in [0.29, 0.717) is 6.08 Å². The van der Waals surface area contributed by atoms with Crippen molar-refractivity contribution in [3.8, 4) is 0 Å². The Morgan fingerprint density at radius 1 is 1.31 bits per heavy atom. The Kier molecular flexibility index (Phi) is 3.91. The van der Waals surface area contributed by atoms with Gasteiger partial charge in [-0.15, -0.1) is 0 Å². The lowest BCUT2D eigenvalue weighted by molar-refractivity contribution is -0.0884. The van der Waals surface area contributed by atoms with Crippen LogP contribution in [0.25, 0.3) is 0 Å². The molecule has 0 unspecified atom stereocenters. The zero-order valence-corrected chi connectivity index (χ0v) is 7.37. The van der Waals surface area contributed by atoms with Crippen molar-refractivity contribution in [2.24, 2.45) is 0 Å². The molecule has 0 aromatic heterocycles. The molecule has 0 saturated heterocycles. The summed E-state index contributed by atoms with van der Waals surface area (Å²) in [7, 11) is 0. The molecule has 0 rings (SSSR count). The summed E-state index contributed by atoms with van der Waals surface area (Å²) in [5.74, 6) is -0.953. The first kappa shape index (κ1) is 11.9. The lowest BCUT2D eigenvalue weighted by atomic mass is 10.2. The standard InChI is InChI=1S/C9H10F4/c1-4-7(9(11,12)13)5-8(10)6(2)3/h4-5H,2H2,1,3H3/b7-4+,8-5+. The van der Waals surface area contributed by atoms with Gasteiger partial charge in [0.2, 0.25) is 0 Å². The molecule has 0 heterocycles. The summed E-state index contributed by atoms with van der Waals surface area (Å²) in [5, 5.41) is 0. The van der Waals surface area contributed by atoms with E-state index in [1.54, 1.807) is 0 Å². The van der Waals surface area contributed by atoms with Gasteiger partial charge in [-0.25, -0.2) is 4.39 Å². The van der Waals surface area contributed by atoms with Gasteiger partial charge in [-0.2, -0.15) is 13.2 Å². The second-order valence-corrected chi connectivity index (χ2v) is 2.51. The molecular weight excluding hydrogens is 184 g/mol. The number of hydrogen-bond acceptors (Lipinski definition) is 0. The summed E-state index contributed by atoms with van der Waals surface area (Å²) < 4.78 is 48.8. The minimum absolute atomic E-state index is 0.0244. The fourth-order valence-electron chi connectivity index (χ4n) is 0.589. The van der Waals surface area contributed by atoms with Crippen molar-refractivity contribution in [2.45, 2.75) is 20.0 Å². The van der Waals surface area contributed by atoms with E-state index >= 15 is 0 Å². The third kappa shape index (κ3) is 3.92. The maximum Gasteiger partial charge on any atom is 0.416 e. The van der Waals surface area contributed by atoms with Crippen molar-refractivity contribution >= 4 is 0 Å². The monoisotopic (exact) mass is 194 g/mol. The average Bonchev–Trinajstić information content (AvgIpc) is 1.96. The second kappa shape index (κ2) is 4.25. The van der Waals surface area contributed by atoms with E-state index in [9.17, 15) is 17.6 Å². The number of allylic oxidation sites excluding steroid dienone is 5. The molecule has 74 valence electrons. The Balaban J connectivity index is 4.87. The largest absolute Gasteiger partial charge is 0.416 e. The predicted molar refractivity (Wildman–Crippen MR) is 43.8 cm³/mol. The van der Waals surface area contributed by atoms with Gasteiger partial charge in [0.1, 0.15) is 5.83 Å². The first-order chi connectivity index (χ1) is 5.79. The molecule has 0 amide bonds. The predicted octanol–water partition coefficient (Wildman–Crippen LogP) is 3.92. The maximum absolute atomic E-state index is 12.7. The summed E-state index contributed by atoms with van der Waals surface area (Å²) in [6.07, 6.45) is -3.27. The van der Waals surface area contributed by atoms with Crippen molar-refractivity contribution < 1.29 is 17.6 Å². The van der Waals surface area contributed by atoms with Gasteiger partial charge in [-0.1, -0.05) is 12.7 Å². The number of hydrogen-bond donors (Lipinski definition) is 0. The Bertz CT molecular complexity index is 255. The molecule has 4 heteroatoms. The molecular formula is C9H10F4. The third-order valence-corrected chi connectivity index (χ3v) is 1.33. The fourth-order valence-corrected chi connectivity index (χ4v) is 0.589. The van der Waals surface area contributed by atoms with E-state index in [1.165, 1.54) is 13.8 Å². The van der Waals surface area contributed by atoms with E-state index in [-0.39, 0.29) is 5.57 Å². The Morgan fingerprint density at radius 3 is 2.00 bits per heavy atom. The molecule has 0 aromatic carbocycles. The molecule has 0 saturated carbocycles. The van der Waals surface area contributed by atoms with Gasteiger partial charge in [0, 0.05) is 0 Å². The Morgan fingerprint density at radius 2 is 1.77 bits per heavy atom. The average molecular weight is 194 g/mol. The van der Waals surface area contributed by atoms with Crippen LogP contribution in [0.3, 0.4) is 0 Å². The van der Waals surface area contributed by atoms with Crippen LogP contribution < -0.4 is 0 Å². The summed E-state index contributed by atoms with van der Waals surface area (Å²) >= 11 is 0. The number of rotatable bonds is 2. The summed E-state index contributed by atoms with van der Waals surface area (Å²) in [6, 6.07) is 0. The molecule has 13 heavy (non-hydrogen) atoms. The van der Waals surface area contributed by atoms with Gasteiger partial charge in [0.15, 0.2) is 0 Å². The quantitative estimate of drug-likeness (QED) is 0.461. The van der Waals surface area contributed by atoms with Crippen LogP contribution in [-0.2, 0) is 0 Å². The van der Waals surface area contributed by atoms with Crippen LogP contribution in [0.1, 0.15) is 13.8 Å². The Hall–Kier alpha value is -1.06. The van der Waals surface area contributed by atoms with Gasteiger partial charge in [0.25, 0.3) is 0 Å². The Labute approximate surface area is 74.3 Å². The first-order valence-corrected chi connectivity index (χ1v) is 3.55. The number of alkyl halides is 3. The highest BCUT2D eigenvalue weighted by molar-refractivity contribution is 5.32. The SMILES string of the molecule is C=C(C)/C(F)=C\C(=C/C)C(F)(F)F. The van der Waals surface area contributed by atoms with Gasteiger partial charge < -0.3 is 0 Å². The zero-order chi connectivity index (χ0) is 10.6. The van der Waals surface area contributed by atoms with E-state index in [1.807, 2.05) is 0 Å². The maximum atomic E-state index is 12.7. The number of halogens is 4. The summed E-state index contributed by atoms with van der Waals surface area (Å²) in [5.41, 5.74) is -1.03. The summed E-state index contributed by atoms with van der Waals surface area (Å²) in [4.78, 5) is 0. The van der Waals surface area contributed by atoms with Crippen LogP contribution >= 0.6 is 0 Å². The van der Waals surface area contributed by atoms with Crippen molar-refractivity contribution in [1.82, 2.24) is 0 Å². The van der Waals surface area contributed by atoms with Crippen LogP contribution in [0.15, 0.2) is 35.7 Å². The van der Waals surface area contributed by atoms with E-state index in [2.05, 4.69) is 6.58 Å². The molecule has 0 aromatic rings. The van der Waals surface area contributed by atoms with Crippen LogP contribution in [0.5, 0.6) is 0 Å². The van der Waals surface area contributed by atoms with Gasteiger partial charge in [-0.3, -0.25) is 0 Å². The van der Waals surface area contributed by atoms with Crippen molar-refractivity contribution in [3.63, 3.8) is 0 Å². The molecule has 0 bridgehead atoms. The first-order valence-electron chi connectivity index (χ1n) is 3.55. The third-order valence-electron chi connectivity index (χ3n) is 1.33. The smallest absolute Gasteiger partial charge is 0.207 e. The highest BCUT2D eigenvalue weighted by Gasteiger charge is 2.31. The van der Waals surface area contributed by atoms with Gasteiger partial charge in [0.05, 0.1) is 5.57 Å². The molecule has 0 aliphatic rings. The lowest BCUT2D eigenvalue weighted by Crippen LogP contribution is -2.09. The van der Waals surface area contributed by atoms with E-state index in [4.69, 9.17) is 0 Å². The molecule has 0 fully saturated rings. The van der Waals surface area contributed by atoms with Crippen LogP contribution in [-0.4, -0.2) is 6.18 Å². The van der Waals surface area contributed by atoms with E-state index in [0.717, 1.165) is 6.08 Å². The molecule has 0 spiro atoms. The van der Waals surface area contributed by atoms with Crippen molar-refractivity contribution in [1.29, 1.82) is 0 Å². The highest BCUT2D eigenvalue weighted by atomic mass is 19.4. The van der Waals surface area contributed by atoms with Gasteiger partial charge in [-0.05, 0) is 25.5 Å². The topological polar surface area (TPSA) is 0 Å². The fraction of sp³-hybridized carbons (Fsp3) is 0.333. The highest BCUT2D eigenvalue weighted by Crippen LogP contribution is 2.28. The molecule has 0 aliphatic heterocycles. The minimum Gasteiger partial charge on any atom is -0.207 e. The zero-order valence-electron chi connectivity index (χ0n) is 7.37. The second-order valence-electron chi connectivity index (χ2n) is 2.51. The van der Waals surface area contributed by atoms with E-state index < -0.39 is 17.6 Å². The van der Waals surface area contributed by atoms with Crippen molar-refractivity contribution in [2.75, 3.05) is 0 Å². The van der Waals surface area contributed by atoms with Crippen LogP contribution in [0.4, 0.5) is 17.6 Å². The van der Waals surface area contributed by atoms with Gasteiger partial charge >= 0.3 is 6.18 Å². The lowest BCUT2D eigenvalue weighted by Gasteiger charge is -2.06.